The third kappa shape index (κ3) is 4.86. The fourth-order valence-electron chi connectivity index (χ4n) is 2.45. The van der Waals surface area contributed by atoms with Crippen molar-refractivity contribution in [2.24, 2.45) is 0 Å². The van der Waals surface area contributed by atoms with Gasteiger partial charge in [-0.25, -0.2) is 8.78 Å². The molecule has 0 aliphatic carbocycles. The number of nitrogen functional groups attached to an aromatic ring is 1. The van der Waals surface area contributed by atoms with Crippen molar-refractivity contribution in [3.8, 4) is 5.75 Å². The second kappa shape index (κ2) is 8.67. The van der Waals surface area contributed by atoms with Crippen LogP contribution in [0.4, 0.5) is 55.3 Å². The van der Waals surface area contributed by atoms with Gasteiger partial charge in [0, 0.05) is 15.6 Å². The number of rotatable bonds is 5. The van der Waals surface area contributed by atoms with Crippen LogP contribution in [0.25, 0.3) is 0 Å². The molecule has 0 aliphatic heterocycles. The molecule has 176 valence electrons. The van der Waals surface area contributed by atoms with Crippen LogP contribution >= 0.6 is 15.9 Å². The van der Waals surface area contributed by atoms with E-state index < -0.39 is 63.5 Å². The monoisotopic (exact) mass is 542 g/mol. The lowest BCUT2D eigenvalue weighted by molar-refractivity contribution is -0.348. The zero-order valence-electron chi connectivity index (χ0n) is 15.0. The van der Waals surface area contributed by atoms with Gasteiger partial charge >= 0.3 is 24.6 Å². The molecule has 0 saturated carbocycles. The maximum atomic E-state index is 14.3. The van der Waals surface area contributed by atoms with Crippen LogP contribution in [0.2, 0.25) is 0 Å². The molecule has 0 atom stereocenters. The van der Waals surface area contributed by atoms with E-state index in [4.69, 9.17) is 5.73 Å². The van der Waals surface area contributed by atoms with Crippen LogP contribution in [0.3, 0.4) is 0 Å². The molecule has 3 N–H and O–H groups in total. The van der Waals surface area contributed by atoms with Crippen molar-refractivity contribution in [2.75, 3.05) is 11.1 Å². The van der Waals surface area contributed by atoms with Crippen molar-refractivity contribution in [1.29, 1.82) is 0 Å². The van der Waals surface area contributed by atoms with E-state index in [-0.39, 0.29) is 17.7 Å². The fourth-order valence-corrected chi connectivity index (χ4v) is 2.99. The maximum Gasteiger partial charge on any atom is 0.435 e. The van der Waals surface area contributed by atoms with Crippen LogP contribution in [-0.2, 0) is 5.67 Å². The summed E-state index contributed by atoms with van der Waals surface area (Å²) in [5.74, 6) is -3.50. The lowest BCUT2D eigenvalue weighted by atomic mass is 9.93. The summed E-state index contributed by atoms with van der Waals surface area (Å²) in [6.45, 7) is -3.78. The van der Waals surface area contributed by atoms with Crippen molar-refractivity contribution in [2.45, 2.75) is 24.6 Å². The standard InChI is InChI=1S/C17H9BrF10N2O2/c18-8-4-7(15(22,16(23,24)25)17(26,27)28)5-11(32-14(20)21)12(8)30-13(31)6-1-2-9(19)10(29)3-6/h1-5,14H,29H2,(H,30,31). The molecule has 2 aromatic rings. The van der Waals surface area contributed by atoms with Crippen molar-refractivity contribution in [1.82, 2.24) is 0 Å². The molecule has 4 nitrogen and oxygen atoms in total. The summed E-state index contributed by atoms with van der Waals surface area (Å²) in [4.78, 5) is 12.3. The lowest BCUT2D eigenvalue weighted by Gasteiger charge is -2.31. The third-order valence-corrected chi connectivity index (χ3v) is 4.57. The number of nitrogens with two attached hydrogens (primary N) is 1. The molecule has 0 bridgehead atoms. The second-order valence-electron chi connectivity index (χ2n) is 6.05. The first-order valence-corrected chi connectivity index (χ1v) is 8.76. The van der Waals surface area contributed by atoms with Crippen LogP contribution < -0.4 is 15.8 Å². The summed E-state index contributed by atoms with van der Waals surface area (Å²) < 4.78 is 134. The Bertz CT molecular complexity index is 1010. The van der Waals surface area contributed by atoms with Gasteiger partial charge in [0.15, 0.2) is 5.75 Å². The Labute approximate surface area is 180 Å². The molecule has 0 spiro atoms. The van der Waals surface area contributed by atoms with Gasteiger partial charge in [-0.3, -0.25) is 4.79 Å². The summed E-state index contributed by atoms with van der Waals surface area (Å²) >= 11 is 2.52. The van der Waals surface area contributed by atoms with Gasteiger partial charge in [-0.05, 0) is 46.3 Å². The minimum atomic E-state index is -6.52. The Hall–Kier alpha value is -2.71. The molecule has 0 heterocycles. The summed E-state index contributed by atoms with van der Waals surface area (Å²) in [5.41, 5.74) is -4.50. The maximum absolute atomic E-state index is 14.3. The quantitative estimate of drug-likeness (QED) is 0.343. The molecule has 15 heteroatoms. The number of nitrogens with one attached hydrogen (secondary N) is 1. The van der Waals surface area contributed by atoms with Crippen LogP contribution in [0.5, 0.6) is 5.75 Å². The van der Waals surface area contributed by atoms with E-state index in [1.165, 1.54) is 0 Å². The molecule has 0 fully saturated rings. The SMILES string of the molecule is Nc1cc(C(=O)Nc2c(Br)cc(C(F)(C(F)(F)F)C(F)(F)F)cc2OC(F)F)ccc1F. The number of hydrogen-bond acceptors (Lipinski definition) is 3. The van der Waals surface area contributed by atoms with Gasteiger partial charge in [-0.15, -0.1) is 0 Å². The number of ether oxygens (including phenoxy) is 1. The predicted octanol–water partition coefficient (Wildman–Crippen LogP) is 6.31. The highest BCUT2D eigenvalue weighted by Crippen LogP contribution is 2.55. The van der Waals surface area contributed by atoms with Crippen LogP contribution in [0.15, 0.2) is 34.8 Å². The number of alkyl halides is 9. The normalized spacial score (nSPS) is 12.8. The molecule has 32 heavy (non-hydrogen) atoms. The van der Waals surface area contributed by atoms with Gasteiger partial charge in [-0.2, -0.15) is 35.1 Å². The van der Waals surface area contributed by atoms with E-state index in [0.717, 1.165) is 18.2 Å². The van der Waals surface area contributed by atoms with E-state index in [9.17, 15) is 48.7 Å². The number of hydrogen-bond donors (Lipinski definition) is 2. The lowest BCUT2D eigenvalue weighted by Crippen LogP contribution is -2.50. The van der Waals surface area contributed by atoms with Gasteiger partial charge in [0.05, 0.1) is 11.4 Å². The average molecular weight is 543 g/mol. The zero-order chi connectivity index (χ0) is 24.6. The van der Waals surface area contributed by atoms with Crippen molar-refractivity contribution >= 4 is 33.2 Å². The molecular formula is C17H9BrF10N2O2. The first-order valence-electron chi connectivity index (χ1n) is 7.96. The van der Waals surface area contributed by atoms with E-state index in [0.29, 0.717) is 0 Å². The molecule has 0 radical (unpaired) electrons. The largest absolute Gasteiger partial charge is 0.435 e. The Kier molecular flexibility index (Phi) is 6.92. The number of carbonyl (C=O) groups excluding carboxylic acids is 1. The number of anilines is 2. The highest BCUT2D eigenvalue weighted by atomic mass is 79.9. The number of benzene rings is 2. The second-order valence-corrected chi connectivity index (χ2v) is 6.91. The fraction of sp³-hybridized carbons (Fsp3) is 0.235. The predicted molar refractivity (Wildman–Crippen MR) is 94.4 cm³/mol. The molecule has 0 aliphatic rings. The summed E-state index contributed by atoms with van der Waals surface area (Å²) in [7, 11) is 0. The first-order chi connectivity index (χ1) is 14.5. The van der Waals surface area contributed by atoms with Gasteiger partial charge in [0.2, 0.25) is 0 Å². The molecule has 0 unspecified atom stereocenters. The summed E-state index contributed by atoms with van der Waals surface area (Å²) in [6, 6.07) is 2.21. The number of amides is 1. The van der Waals surface area contributed by atoms with Crippen molar-refractivity contribution in [3.63, 3.8) is 0 Å². The minimum absolute atomic E-state index is 0.00601. The molecule has 1 amide bonds. The van der Waals surface area contributed by atoms with E-state index in [2.05, 4.69) is 20.7 Å². The summed E-state index contributed by atoms with van der Waals surface area (Å²) in [6.07, 6.45) is -13.0. The Balaban J connectivity index is 2.62. The zero-order valence-corrected chi connectivity index (χ0v) is 16.6. The van der Waals surface area contributed by atoms with Gasteiger partial charge < -0.3 is 15.8 Å². The van der Waals surface area contributed by atoms with E-state index in [1.54, 1.807) is 0 Å². The Morgan fingerprint density at radius 3 is 2.03 bits per heavy atom. The van der Waals surface area contributed by atoms with E-state index in [1.807, 2.05) is 5.32 Å². The van der Waals surface area contributed by atoms with Crippen LogP contribution in [-0.4, -0.2) is 24.9 Å². The van der Waals surface area contributed by atoms with Crippen LogP contribution in [0, 0.1) is 5.82 Å². The Morgan fingerprint density at radius 1 is 1.00 bits per heavy atom. The molecule has 2 rings (SSSR count). The third-order valence-electron chi connectivity index (χ3n) is 3.95. The average Bonchev–Trinajstić information content (AvgIpc) is 2.63. The Morgan fingerprint density at radius 2 is 1.56 bits per heavy atom. The number of carbonyl (C=O) groups is 1. The van der Waals surface area contributed by atoms with Crippen LogP contribution in [0.1, 0.15) is 15.9 Å². The van der Waals surface area contributed by atoms with Gasteiger partial charge in [0.25, 0.3) is 5.91 Å². The highest BCUT2D eigenvalue weighted by molar-refractivity contribution is 9.10. The van der Waals surface area contributed by atoms with E-state index >= 15 is 0 Å². The van der Waals surface area contributed by atoms with Crippen molar-refractivity contribution in [3.05, 3.63) is 51.7 Å². The van der Waals surface area contributed by atoms with Crippen molar-refractivity contribution < 1.29 is 53.4 Å². The molecular weight excluding hydrogens is 534 g/mol. The molecule has 0 aromatic heterocycles. The topological polar surface area (TPSA) is 64.4 Å². The summed E-state index contributed by atoms with van der Waals surface area (Å²) in [5, 5.41) is 1.90. The smallest absolute Gasteiger partial charge is 0.433 e. The number of halogens is 11. The highest BCUT2D eigenvalue weighted by Gasteiger charge is 2.73. The van der Waals surface area contributed by atoms with Gasteiger partial charge in [-0.1, -0.05) is 0 Å². The molecule has 0 saturated heterocycles. The molecule has 2 aromatic carbocycles. The first kappa shape index (κ1) is 25.5. The van der Waals surface area contributed by atoms with Gasteiger partial charge in [0.1, 0.15) is 5.82 Å². The minimum Gasteiger partial charge on any atom is -0.433 e.